The summed E-state index contributed by atoms with van der Waals surface area (Å²) >= 11 is 0. The Morgan fingerprint density at radius 2 is 2.10 bits per heavy atom. The lowest BCUT2D eigenvalue weighted by molar-refractivity contribution is -0.124. The Kier molecular flexibility index (Phi) is 2.00. The first kappa shape index (κ1) is 7.19. The Labute approximate surface area is 59.9 Å². The van der Waals surface area contributed by atoms with E-state index in [1.807, 2.05) is 6.08 Å². The van der Waals surface area contributed by atoms with Crippen molar-refractivity contribution in [3.8, 4) is 0 Å². The number of Topliss-reactive ketones (excluding diaryl/α,β-unsaturated/α-hetero) is 2. The molecule has 10 heavy (non-hydrogen) atoms. The lowest BCUT2D eigenvalue weighted by Gasteiger charge is -1.91. The number of hydrogen-bond acceptors (Lipinski definition) is 2. The third-order valence-corrected chi connectivity index (χ3v) is 1.67. The van der Waals surface area contributed by atoms with Gasteiger partial charge in [-0.15, -0.1) is 0 Å². The molecule has 0 aromatic heterocycles. The summed E-state index contributed by atoms with van der Waals surface area (Å²) in [5, 5.41) is 0. The molecule has 0 aromatic rings. The molecule has 0 unspecified atom stereocenters. The Morgan fingerprint density at radius 1 is 1.40 bits per heavy atom. The molecule has 0 aromatic carbocycles. The summed E-state index contributed by atoms with van der Waals surface area (Å²) in [6.45, 7) is 1.76. The normalized spacial score (nSPS) is 20.3. The van der Waals surface area contributed by atoms with Crippen molar-refractivity contribution < 1.29 is 9.59 Å². The Bertz CT molecular complexity index is 201. The van der Waals surface area contributed by atoms with Crippen molar-refractivity contribution in [3.05, 3.63) is 11.6 Å². The largest absolute Gasteiger partial charge is 0.299 e. The average Bonchev–Trinajstić information content (AvgIpc) is 1.96. The van der Waals surface area contributed by atoms with Crippen molar-refractivity contribution in [1.29, 1.82) is 0 Å². The minimum absolute atomic E-state index is 0.0116. The van der Waals surface area contributed by atoms with Crippen LogP contribution in [0.1, 0.15) is 26.2 Å². The van der Waals surface area contributed by atoms with Crippen molar-refractivity contribution in [2.24, 2.45) is 0 Å². The highest BCUT2D eigenvalue weighted by atomic mass is 16.1. The standard InChI is InChI=1S/C8H10O2/c1-6-3-2-4-7(9)5-8(6)10/h3H,2,4-5H2,1H3. The topological polar surface area (TPSA) is 34.1 Å². The van der Waals surface area contributed by atoms with E-state index in [1.54, 1.807) is 6.92 Å². The molecule has 0 heterocycles. The van der Waals surface area contributed by atoms with Crippen LogP contribution in [-0.4, -0.2) is 11.6 Å². The molecule has 0 spiro atoms. The number of rotatable bonds is 0. The lowest BCUT2D eigenvalue weighted by Crippen LogP contribution is -2.04. The minimum Gasteiger partial charge on any atom is -0.299 e. The van der Waals surface area contributed by atoms with E-state index in [0.29, 0.717) is 6.42 Å². The maximum atomic E-state index is 10.9. The van der Waals surface area contributed by atoms with E-state index < -0.39 is 0 Å². The van der Waals surface area contributed by atoms with Crippen molar-refractivity contribution in [2.75, 3.05) is 0 Å². The first-order chi connectivity index (χ1) is 4.70. The van der Waals surface area contributed by atoms with Gasteiger partial charge >= 0.3 is 0 Å². The predicted octanol–water partition coefficient (Wildman–Crippen LogP) is 1.25. The molecular formula is C8H10O2. The molecule has 2 heteroatoms. The second-order valence-corrected chi connectivity index (χ2v) is 2.56. The van der Waals surface area contributed by atoms with Gasteiger partial charge in [0.25, 0.3) is 0 Å². The van der Waals surface area contributed by atoms with Gasteiger partial charge in [-0.1, -0.05) is 6.08 Å². The fourth-order valence-corrected chi connectivity index (χ4v) is 0.970. The second-order valence-electron chi connectivity index (χ2n) is 2.56. The summed E-state index contributed by atoms with van der Waals surface area (Å²) in [7, 11) is 0. The minimum atomic E-state index is -0.0116. The molecule has 54 valence electrons. The monoisotopic (exact) mass is 138 g/mol. The molecular weight excluding hydrogens is 128 g/mol. The van der Waals surface area contributed by atoms with Gasteiger partial charge in [0.15, 0.2) is 5.78 Å². The molecule has 1 aliphatic carbocycles. The van der Waals surface area contributed by atoms with Crippen LogP contribution in [-0.2, 0) is 9.59 Å². The van der Waals surface area contributed by atoms with Crippen LogP contribution in [0.5, 0.6) is 0 Å². The summed E-state index contributed by atoms with van der Waals surface area (Å²) in [5.41, 5.74) is 0.742. The van der Waals surface area contributed by atoms with Gasteiger partial charge in [-0.3, -0.25) is 9.59 Å². The maximum absolute atomic E-state index is 10.9. The third-order valence-electron chi connectivity index (χ3n) is 1.67. The Balaban J connectivity index is 2.73. The first-order valence-electron chi connectivity index (χ1n) is 3.42. The zero-order valence-electron chi connectivity index (χ0n) is 6.02. The van der Waals surface area contributed by atoms with Crippen LogP contribution in [0.3, 0.4) is 0 Å². The summed E-state index contributed by atoms with van der Waals surface area (Å²) in [5.74, 6) is 0.0561. The number of hydrogen-bond donors (Lipinski definition) is 0. The van der Waals surface area contributed by atoms with Crippen LogP contribution >= 0.6 is 0 Å². The van der Waals surface area contributed by atoms with Crippen molar-refractivity contribution >= 4 is 11.6 Å². The molecule has 0 saturated carbocycles. The van der Waals surface area contributed by atoms with Crippen LogP contribution < -0.4 is 0 Å². The molecule has 0 atom stereocenters. The average molecular weight is 138 g/mol. The summed E-state index contributed by atoms with van der Waals surface area (Å²) < 4.78 is 0. The molecule has 0 fully saturated rings. The smallest absolute Gasteiger partial charge is 0.165 e. The van der Waals surface area contributed by atoms with Crippen LogP contribution in [0.4, 0.5) is 0 Å². The third kappa shape index (κ3) is 1.53. The summed E-state index contributed by atoms with van der Waals surface area (Å²) in [6.07, 6.45) is 3.22. The van der Waals surface area contributed by atoms with Crippen molar-refractivity contribution in [2.45, 2.75) is 26.2 Å². The van der Waals surface area contributed by atoms with Gasteiger partial charge in [0.2, 0.25) is 0 Å². The molecule has 0 N–H and O–H groups in total. The van der Waals surface area contributed by atoms with Gasteiger partial charge in [0.1, 0.15) is 5.78 Å². The van der Waals surface area contributed by atoms with Gasteiger partial charge in [-0.25, -0.2) is 0 Å². The number of ketones is 2. The zero-order chi connectivity index (χ0) is 7.56. The highest BCUT2D eigenvalue weighted by molar-refractivity contribution is 6.08. The van der Waals surface area contributed by atoms with Gasteiger partial charge in [0.05, 0.1) is 6.42 Å². The molecule has 0 saturated heterocycles. The molecule has 0 radical (unpaired) electrons. The number of carbonyl (C=O) groups excluding carboxylic acids is 2. The molecule has 1 rings (SSSR count). The van der Waals surface area contributed by atoms with Crippen LogP contribution in [0.15, 0.2) is 11.6 Å². The Morgan fingerprint density at radius 3 is 2.80 bits per heavy atom. The molecule has 0 aliphatic heterocycles. The van der Waals surface area contributed by atoms with E-state index in [-0.39, 0.29) is 18.0 Å². The van der Waals surface area contributed by atoms with E-state index in [9.17, 15) is 9.59 Å². The van der Waals surface area contributed by atoms with E-state index in [2.05, 4.69) is 0 Å². The lowest BCUT2D eigenvalue weighted by atomic mass is 10.1. The maximum Gasteiger partial charge on any atom is 0.165 e. The second kappa shape index (κ2) is 2.78. The van der Waals surface area contributed by atoms with Gasteiger partial charge in [-0.05, 0) is 18.9 Å². The van der Waals surface area contributed by atoms with E-state index in [4.69, 9.17) is 0 Å². The first-order valence-corrected chi connectivity index (χ1v) is 3.42. The molecule has 1 aliphatic rings. The number of carbonyl (C=O) groups is 2. The Hall–Kier alpha value is -0.920. The summed E-state index contributed by atoms with van der Waals surface area (Å²) in [4.78, 5) is 21.7. The quantitative estimate of drug-likeness (QED) is 0.472. The highest BCUT2D eigenvalue weighted by Crippen LogP contribution is 2.10. The van der Waals surface area contributed by atoms with Gasteiger partial charge < -0.3 is 0 Å². The van der Waals surface area contributed by atoms with Crippen molar-refractivity contribution in [1.82, 2.24) is 0 Å². The van der Waals surface area contributed by atoms with E-state index >= 15 is 0 Å². The molecule has 0 amide bonds. The fraction of sp³-hybridized carbons (Fsp3) is 0.500. The zero-order valence-corrected chi connectivity index (χ0v) is 6.02. The molecule has 0 bridgehead atoms. The fourth-order valence-electron chi connectivity index (χ4n) is 0.970. The van der Waals surface area contributed by atoms with Gasteiger partial charge in [-0.2, -0.15) is 0 Å². The van der Waals surface area contributed by atoms with Crippen LogP contribution in [0, 0.1) is 0 Å². The summed E-state index contributed by atoms with van der Waals surface area (Å²) in [6, 6.07) is 0. The van der Waals surface area contributed by atoms with Crippen LogP contribution in [0.25, 0.3) is 0 Å². The van der Waals surface area contributed by atoms with Crippen molar-refractivity contribution in [3.63, 3.8) is 0 Å². The SMILES string of the molecule is CC1=CCCC(=O)CC1=O. The number of allylic oxidation sites excluding steroid dienone is 2. The van der Waals surface area contributed by atoms with E-state index in [1.165, 1.54) is 0 Å². The van der Waals surface area contributed by atoms with Crippen LogP contribution in [0.2, 0.25) is 0 Å². The van der Waals surface area contributed by atoms with Gasteiger partial charge in [0, 0.05) is 6.42 Å². The highest BCUT2D eigenvalue weighted by Gasteiger charge is 2.13. The molecule has 2 nitrogen and oxygen atoms in total. The van der Waals surface area contributed by atoms with E-state index in [0.717, 1.165) is 12.0 Å². The predicted molar refractivity (Wildman–Crippen MR) is 37.6 cm³/mol.